The van der Waals surface area contributed by atoms with Crippen LogP contribution in [0.25, 0.3) is 0 Å². The van der Waals surface area contributed by atoms with Crippen LogP contribution in [0.5, 0.6) is 0 Å². The second-order valence-corrected chi connectivity index (χ2v) is 5.15. The van der Waals surface area contributed by atoms with E-state index in [-0.39, 0.29) is 16.9 Å². The zero-order valence-electron chi connectivity index (χ0n) is 13.8. The van der Waals surface area contributed by atoms with E-state index >= 15 is 0 Å². The number of methoxy groups -OCH3 is 1. The minimum Gasteiger partial charge on any atom is -0.471 e. The third-order valence-corrected chi connectivity index (χ3v) is 3.43. The molecule has 0 atom stereocenters. The number of nitro groups is 1. The Kier molecular flexibility index (Phi) is 5.50. The van der Waals surface area contributed by atoms with E-state index in [4.69, 9.17) is 9.25 Å². The highest BCUT2D eigenvalue weighted by atomic mass is 16.7. The van der Waals surface area contributed by atoms with E-state index < -0.39 is 23.4 Å². The normalized spacial score (nSPS) is 10.4. The Bertz CT molecular complexity index is 813. The molecule has 25 heavy (non-hydrogen) atoms. The zero-order valence-corrected chi connectivity index (χ0v) is 13.8. The molecule has 9 nitrogen and oxygen atoms in total. The molecule has 0 radical (unpaired) electrons. The minimum absolute atomic E-state index is 0.104. The van der Waals surface area contributed by atoms with Crippen LogP contribution in [-0.4, -0.2) is 30.5 Å². The van der Waals surface area contributed by atoms with Gasteiger partial charge in [0, 0.05) is 17.2 Å². The van der Waals surface area contributed by atoms with E-state index in [1.807, 2.05) is 0 Å². The summed E-state index contributed by atoms with van der Waals surface area (Å²) in [5, 5.41) is 11.9. The lowest BCUT2D eigenvalue weighted by molar-refractivity contribution is -0.385. The van der Waals surface area contributed by atoms with Gasteiger partial charge in [-0.05, 0) is 19.9 Å². The summed E-state index contributed by atoms with van der Waals surface area (Å²) >= 11 is 0. The number of nitro benzene ring substituents is 1. The summed E-state index contributed by atoms with van der Waals surface area (Å²) < 4.78 is 9.46. The third-order valence-electron chi connectivity index (χ3n) is 3.43. The predicted molar refractivity (Wildman–Crippen MR) is 86.1 cm³/mol. The van der Waals surface area contributed by atoms with E-state index in [0.29, 0.717) is 11.1 Å². The first-order chi connectivity index (χ1) is 11.8. The minimum atomic E-state index is -0.705. The van der Waals surface area contributed by atoms with Gasteiger partial charge in [-0.15, -0.1) is 0 Å². The number of furan rings is 1. The summed E-state index contributed by atoms with van der Waals surface area (Å²) in [6.45, 7) is 2.69. The van der Waals surface area contributed by atoms with Gasteiger partial charge in [0.15, 0.2) is 6.61 Å². The maximum absolute atomic E-state index is 12.7. The van der Waals surface area contributed by atoms with Crippen molar-refractivity contribution in [2.45, 2.75) is 13.8 Å². The maximum atomic E-state index is 12.7. The predicted octanol–water partition coefficient (Wildman–Crippen LogP) is 2.56. The Balaban J connectivity index is 2.42. The number of hydrogen-bond donors (Lipinski definition) is 0. The smallest absolute Gasteiger partial charge is 0.334 e. The van der Waals surface area contributed by atoms with Crippen molar-refractivity contribution in [1.82, 2.24) is 0 Å². The van der Waals surface area contributed by atoms with Crippen molar-refractivity contribution in [3.05, 3.63) is 57.5 Å². The molecule has 9 heteroatoms. The Morgan fingerprint density at radius 1 is 1.24 bits per heavy atom. The fraction of sp³-hybridized carbons (Fsp3) is 0.250. The van der Waals surface area contributed by atoms with Crippen molar-refractivity contribution >= 4 is 23.3 Å². The van der Waals surface area contributed by atoms with Crippen LogP contribution in [0.4, 0.5) is 11.4 Å². The number of carbonyl (C=O) groups is 2. The fourth-order valence-electron chi connectivity index (χ4n) is 2.04. The standard InChI is InChI=1S/C16H16N2O7/c1-10-4-5-12(6-14(10)18(21)22)17(25-9-15(19)23-3)16(20)13-8-24-7-11(13)2/h4-8H,9H2,1-3H3. The number of hydroxylamine groups is 1. The Morgan fingerprint density at radius 3 is 2.52 bits per heavy atom. The molecule has 0 spiro atoms. The van der Waals surface area contributed by atoms with Gasteiger partial charge in [0.1, 0.15) is 6.26 Å². The molecule has 1 amide bonds. The number of rotatable bonds is 6. The molecule has 0 saturated carbocycles. The van der Waals surface area contributed by atoms with Crippen LogP contribution in [0.2, 0.25) is 0 Å². The van der Waals surface area contributed by atoms with Crippen LogP contribution in [0.15, 0.2) is 35.1 Å². The van der Waals surface area contributed by atoms with E-state index in [9.17, 15) is 19.7 Å². The largest absolute Gasteiger partial charge is 0.471 e. The average molecular weight is 348 g/mol. The van der Waals surface area contributed by atoms with Crippen LogP contribution in [0.3, 0.4) is 0 Å². The number of benzene rings is 1. The Morgan fingerprint density at radius 2 is 1.96 bits per heavy atom. The first-order valence-corrected chi connectivity index (χ1v) is 7.17. The highest BCUT2D eigenvalue weighted by Gasteiger charge is 2.25. The highest BCUT2D eigenvalue weighted by Crippen LogP contribution is 2.27. The Labute approximate surface area is 142 Å². The number of anilines is 1. The van der Waals surface area contributed by atoms with Gasteiger partial charge in [-0.3, -0.25) is 19.7 Å². The van der Waals surface area contributed by atoms with Gasteiger partial charge in [-0.25, -0.2) is 4.79 Å². The van der Waals surface area contributed by atoms with E-state index in [0.717, 1.165) is 5.06 Å². The van der Waals surface area contributed by atoms with Gasteiger partial charge in [-0.2, -0.15) is 5.06 Å². The molecule has 0 aliphatic carbocycles. The number of amides is 1. The van der Waals surface area contributed by atoms with Crippen molar-refractivity contribution in [2.75, 3.05) is 18.8 Å². The van der Waals surface area contributed by atoms with Gasteiger partial charge >= 0.3 is 5.97 Å². The summed E-state index contributed by atoms with van der Waals surface area (Å²) in [6.07, 6.45) is 2.61. The van der Waals surface area contributed by atoms with Crippen molar-refractivity contribution in [1.29, 1.82) is 0 Å². The first-order valence-electron chi connectivity index (χ1n) is 7.17. The molecule has 0 unspecified atom stereocenters. The third kappa shape index (κ3) is 4.01. The van der Waals surface area contributed by atoms with Gasteiger partial charge in [0.05, 0.1) is 29.5 Å². The lowest BCUT2D eigenvalue weighted by Crippen LogP contribution is -2.33. The van der Waals surface area contributed by atoms with Gasteiger partial charge < -0.3 is 9.15 Å². The van der Waals surface area contributed by atoms with E-state index in [2.05, 4.69) is 4.74 Å². The molecule has 0 saturated heterocycles. The van der Waals surface area contributed by atoms with Gasteiger partial charge in [-0.1, -0.05) is 6.07 Å². The second-order valence-electron chi connectivity index (χ2n) is 5.15. The molecule has 1 aromatic carbocycles. The highest BCUT2D eigenvalue weighted by molar-refractivity contribution is 6.05. The average Bonchev–Trinajstić information content (AvgIpc) is 3.01. The quantitative estimate of drug-likeness (QED) is 0.448. The van der Waals surface area contributed by atoms with Crippen molar-refractivity contribution < 1.29 is 28.5 Å². The van der Waals surface area contributed by atoms with Crippen LogP contribution in [-0.2, 0) is 14.4 Å². The fourth-order valence-corrected chi connectivity index (χ4v) is 2.04. The molecular weight excluding hydrogens is 332 g/mol. The lowest BCUT2D eigenvalue weighted by Gasteiger charge is -2.21. The SMILES string of the molecule is COC(=O)CON(C(=O)c1cocc1C)c1ccc(C)c([N+](=O)[O-])c1. The second kappa shape index (κ2) is 7.58. The lowest BCUT2D eigenvalue weighted by atomic mass is 10.1. The van der Waals surface area contributed by atoms with Crippen molar-refractivity contribution in [2.24, 2.45) is 0 Å². The maximum Gasteiger partial charge on any atom is 0.334 e. The number of esters is 1. The van der Waals surface area contributed by atoms with Crippen LogP contribution in [0, 0.1) is 24.0 Å². The molecule has 0 bridgehead atoms. The molecule has 2 aromatic rings. The van der Waals surface area contributed by atoms with Crippen LogP contribution >= 0.6 is 0 Å². The monoisotopic (exact) mass is 348 g/mol. The van der Waals surface area contributed by atoms with Crippen molar-refractivity contribution in [3.8, 4) is 0 Å². The molecule has 0 aliphatic heterocycles. The number of nitrogens with zero attached hydrogens (tertiary/aromatic N) is 2. The van der Waals surface area contributed by atoms with Crippen LogP contribution in [0.1, 0.15) is 21.5 Å². The molecule has 0 fully saturated rings. The summed E-state index contributed by atoms with van der Waals surface area (Å²) in [5.74, 6) is -1.34. The van der Waals surface area contributed by atoms with Crippen molar-refractivity contribution in [3.63, 3.8) is 0 Å². The topological polar surface area (TPSA) is 112 Å². The summed E-state index contributed by atoms with van der Waals surface area (Å²) in [5.41, 5.74) is 1.10. The number of carbonyl (C=O) groups excluding carboxylic acids is 2. The first kappa shape index (κ1) is 18.1. The Hall–Kier alpha value is -3.20. The number of ether oxygens (including phenoxy) is 1. The zero-order chi connectivity index (χ0) is 18.6. The summed E-state index contributed by atoms with van der Waals surface area (Å²) in [7, 11) is 1.18. The number of aryl methyl sites for hydroxylation is 2. The van der Waals surface area contributed by atoms with Gasteiger partial charge in [0.2, 0.25) is 0 Å². The molecule has 0 N–H and O–H groups in total. The number of hydrogen-bond acceptors (Lipinski definition) is 7. The molecule has 132 valence electrons. The summed E-state index contributed by atoms with van der Waals surface area (Å²) in [4.78, 5) is 39.9. The molecule has 0 aliphatic rings. The molecule has 1 aromatic heterocycles. The molecular formula is C16H16N2O7. The van der Waals surface area contributed by atoms with E-state index in [1.54, 1.807) is 13.8 Å². The molecule has 2 rings (SSSR count). The molecule has 1 heterocycles. The van der Waals surface area contributed by atoms with Crippen LogP contribution < -0.4 is 5.06 Å². The van der Waals surface area contributed by atoms with Gasteiger partial charge in [0.25, 0.3) is 11.6 Å². The van der Waals surface area contributed by atoms with E-state index in [1.165, 1.54) is 37.8 Å². The summed E-state index contributed by atoms with van der Waals surface area (Å²) in [6, 6.07) is 4.16.